The Labute approximate surface area is 182 Å². The lowest BCUT2D eigenvalue weighted by Crippen LogP contribution is -2.46. The molecule has 0 saturated heterocycles. The highest BCUT2D eigenvalue weighted by atomic mass is 32.1. The van der Waals surface area contributed by atoms with E-state index in [4.69, 9.17) is 0 Å². The van der Waals surface area contributed by atoms with E-state index in [-0.39, 0.29) is 35.4 Å². The number of hydrogen-bond acceptors (Lipinski definition) is 6. The summed E-state index contributed by atoms with van der Waals surface area (Å²) in [4.78, 5) is 27.4. The standard InChI is InChI=1S/C22H23FN4O3S/c1-4-13(3)27-8-7-26-11-15(19(28)20(29)18(26)22(27)30)21-25-24-17(31-21)10-14-6-5-12(2)9-16(14)23/h5-6,9,11,13,29H,4,7-8,10H2,1-3H3. The molecule has 3 aromatic rings. The van der Waals surface area contributed by atoms with Crippen LogP contribution in [-0.4, -0.2) is 43.3 Å². The van der Waals surface area contributed by atoms with Crippen LogP contribution in [0, 0.1) is 12.7 Å². The van der Waals surface area contributed by atoms with Crippen LogP contribution in [0.25, 0.3) is 10.6 Å². The van der Waals surface area contributed by atoms with Crippen molar-refractivity contribution in [3.63, 3.8) is 0 Å². The number of hydrogen-bond donors (Lipinski definition) is 1. The molecule has 2 aromatic heterocycles. The highest BCUT2D eigenvalue weighted by Gasteiger charge is 2.32. The van der Waals surface area contributed by atoms with E-state index < -0.39 is 11.2 Å². The van der Waals surface area contributed by atoms with Crippen molar-refractivity contribution < 1.29 is 14.3 Å². The van der Waals surface area contributed by atoms with Crippen molar-refractivity contribution in [3.8, 4) is 16.3 Å². The molecule has 0 saturated carbocycles. The first-order valence-corrected chi connectivity index (χ1v) is 11.0. The minimum Gasteiger partial charge on any atom is -0.503 e. The van der Waals surface area contributed by atoms with Gasteiger partial charge in [0.05, 0.1) is 5.56 Å². The third kappa shape index (κ3) is 3.85. The average Bonchev–Trinajstić information content (AvgIpc) is 3.20. The molecule has 1 aliphatic heterocycles. The van der Waals surface area contributed by atoms with Gasteiger partial charge >= 0.3 is 0 Å². The van der Waals surface area contributed by atoms with Crippen LogP contribution in [0.2, 0.25) is 0 Å². The predicted octanol–water partition coefficient (Wildman–Crippen LogP) is 3.37. The summed E-state index contributed by atoms with van der Waals surface area (Å²) in [5.74, 6) is -1.24. The van der Waals surface area contributed by atoms with Gasteiger partial charge in [0.15, 0.2) is 16.5 Å². The molecule has 1 unspecified atom stereocenters. The van der Waals surface area contributed by atoms with Crippen LogP contribution in [0.1, 0.15) is 46.9 Å². The molecule has 1 aromatic carbocycles. The maximum absolute atomic E-state index is 14.2. The molecule has 162 valence electrons. The Morgan fingerprint density at radius 2 is 2.03 bits per heavy atom. The summed E-state index contributed by atoms with van der Waals surface area (Å²) in [6.45, 7) is 6.71. The van der Waals surface area contributed by atoms with Crippen LogP contribution in [0.4, 0.5) is 4.39 Å². The van der Waals surface area contributed by atoms with Gasteiger partial charge in [0.1, 0.15) is 10.8 Å². The number of amides is 1. The highest BCUT2D eigenvalue weighted by Crippen LogP contribution is 2.28. The predicted molar refractivity (Wildman–Crippen MR) is 116 cm³/mol. The number of aromatic hydroxyl groups is 1. The van der Waals surface area contributed by atoms with E-state index in [1.807, 2.05) is 26.8 Å². The molecule has 1 amide bonds. The molecule has 0 bridgehead atoms. The van der Waals surface area contributed by atoms with E-state index in [0.29, 0.717) is 28.7 Å². The van der Waals surface area contributed by atoms with Gasteiger partial charge in [-0.05, 0) is 37.5 Å². The van der Waals surface area contributed by atoms with Gasteiger partial charge in [0.25, 0.3) is 5.91 Å². The summed E-state index contributed by atoms with van der Waals surface area (Å²) in [6, 6.07) is 5.02. The van der Waals surface area contributed by atoms with E-state index in [9.17, 15) is 19.1 Å². The first-order chi connectivity index (χ1) is 14.8. The normalized spacial score (nSPS) is 14.6. The lowest BCUT2D eigenvalue weighted by Gasteiger charge is -2.34. The highest BCUT2D eigenvalue weighted by molar-refractivity contribution is 7.14. The number of pyridine rings is 1. The Bertz CT molecular complexity index is 1220. The smallest absolute Gasteiger partial charge is 0.274 e. The molecule has 3 heterocycles. The molecule has 7 nitrogen and oxygen atoms in total. The SMILES string of the molecule is CCC(C)N1CCn2cc(-c3nnc(Cc4ccc(C)cc4F)s3)c(=O)c(O)c2C1=O. The molecule has 1 N–H and O–H groups in total. The van der Waals surface area contributed by atoms with Crippen LogP contribution in [0.5, 0.6) is 5.75 Å². The number of carbonyl (C=O) groups excluding carboxylic acids is 1. The Morgan fingerprint density at radius 3 is 2.74 bits per heavy atom. The summed E-state index contributed by atoms with van der Waals surface area (Å²) < 4.78 is 15.8. The maximum atomic E-state index is 14.2. The van der Waals surface area contributed by atoms with Gasteiger partial charge in [-0.3, -0.25) is 9.59 Å². The molecule has 9 heteroatoms. The van der Waals surface area contributed by atoms with Gasteiger partial charge in [-0.2, -0.15) is 0 Å². The second-order valence-corrected chi connectivity index (χ2v) is 8.85. The average molecular weight is 443 g/mol. The van der Waals surface area contributed by atoms with Crippen molar-refractivity contribution in [2.45, 2.75) is 46.2 Å². The number of fused-ring (bicyclic) bond motifs is 1. The molecule has 1 atom stereocenters. The van der Waals surface area contributed by atoms with E-state index in [1.165, 1.54) is 17.4 Å². The van der Waals surface area contributed by atoms with Crippen molar-refractivity contribution >= 4 is 17.2 Å². The van der Waals surface area contributed by atoms with Crippen LogP contribution in [0.15, 0.2) is 29.2 Å². The zero-order chi connectivity index (χ0) is 22.3. The largest absolute Gasteiger partial charge is 0.503 e. The number of rotatable bonds is 5. The minimum absolute atomic E-state index is 0.00626. The third-order valence-corrected chi connectivity index (χ3v) is 6.63. The molecule has 4 rings (SSSR count). The van der Waals surface area contributed by atoms with E-state index in [0.717, 1.165) is 12.0 Å². The van der Waals surface area contributed by atoms with E-state index in [1.54, 1.807) is 21.7 Å². The lowest BCUT2D eigenvalue weighted by atomic mass is 10.1. The second-order valence-electron chi connectivity index (χ2n) is 7.79. The fourth-order valence-corrected chi connectivity index (χ4v) is 4.56. The molecule has 0 fully saturated rings. The summed E-state index contributed by atoms with van der Waals surface area (Å²) in [5.41, 5.74) is 0.855. The number of aromatic nitrogens is 3. The fraction of sp³-hybridized carbons (Fsp3) is 0.364. The van der Waals surface area contributed by atoms with Gasteiger partial charge in [0.2, 0.25) is 5.43 Å². The fourth-order valence-electron chi connectivity index (χ4n) is 3.69. The summed E-state index contributed by atoms with van der Waals surface area (Å²) in [7, 11) is 0. The Kier molecular flexibility index (Phi) is 5.62. The third-order valence-electron chi connectivity index (χ3n) is 5.67. The van der Waals surface area contributed by atoms with E-state index in [2.05, 4.69) is 10.2 Å². The molecular formula is C22H23FN4O3S. The summed E-state index contributed by atoms with van der Waals surface area (Å²) in [5, 5.41) is 19.6. The van der Waals surface area contributed by atoms with Crippen molar-refractivity contribution in [3.05, 3.63) is 62.3 Å². The van der Waals surface area contributed by atoms with Gasteiger partial charge in [0, 0.05) is 31.7 Å². The number of aryl methyl sites for hydroxylation is 1. The van der Waals surface area contributed by atoms with Crippen LogP contribution in [-0.2, 0) is 13.0 Å². The number of carbonyl (C=O) groups is 1. The number of halogens is 1. The molecule has 1 aliphatic rings. The first kappa shape index (κ1) is 21.2. The first-order valence-electron chi connectivity index (χ1n) is 10.1. The lowest BCUT2D eigenvalue weighted by molar-refractivity contribution is 0.0622. The van der Waals surface area contributed by atoms with Gasteiger partial charge < -0.3 is 14.6 Å². The van der Waals surface area contributed by atoms with Gasteiger partial charge in [-0.15, -0.1) is 10.2 Å². The zero-order valence-electron chi connectivity index (χ0n) is 17.6. The molecule has 0 aliphatic carbocycles. The van der Waals surface area contributed by atoms with E-state index >= 15 is 0 Å². The van der Waals surface area contributed by atoms with Crippen molar-refractivity contribution in [2.24, 2.45) is 0 Å². The van der Waals surface area contributed by atoms with Crippen LogP contribution >= 0.6 is 11.3 Å². The van der Waals surface area contributed by atoms with Crippen molar-refractivity contribution in [2.75, 3.05) is 6.54 Å². The molecule has 0 radical (unpaired) electrons. The van der Waals surface area contributed by atoms with Gasteiger partial charge in [-0.1, -0.05) is 30.4 Å². The summed E-state index contributed by atoms with van der Waals surface area (Å²) >= 11 is 1.17. The molecular weight excluding hydrogens is 419 g/mol. The Morgan fingerprint density at radius 1 is 1.26 bits per heavy atom. The Balaban J connectivity index is 1.67. The van der Waals surface area contributed by atoms with Crippen LogP contribution in [0.3, 0.4) is 0 Å². The second kappa shape index (κ2) is 8.22. The Hall–Kier alpha value is -3.07. The minimum atomic E-state index is -0.658. The summed E-state index contributed by atoms with van der Waals surface area (Å²) in [6.07, 6.45) is 2.59. The quantitative estimate of drug-likeness (QED) is 0.655. The van der Waals surface area contributed by atoms with Gasteiger partial charge in [-0.25, -0.2) is 4.39 Å². The topological polar surface area (TPSA) is 88.3 Å². The van der Waals surface area contributed by atoms with Crippen molar-refractivity contribution in [1.29, 1.82) is 0 Å². The zero-order valence-corrected chi connectivity index (χ0v) is 18.4. The number of nitrogens with zero attached hydrogens (tertiary/aromatic N) is 4. The number of benzene rings is 1. The molecule has 31 heavy (non-hydrogen) atoms. The monoisotopic (exact) mass is 442 g/mol. The molecule has 0 spiro atoms. The maximum Gasteiger partial charge on any atom is 0.274 e. The van der Waals surface area contributed by atoms with Crippen LogP contribution < -0.4 is 5.43 Å². The van der Waals surface area contributed by atoms with Crippen molar-refractivity contribution in [1.82, 2.24) is 19.7 Å².